The molecule has 0 spiro atoms. The number of halogens is 2. The van der Waals surface area contributed by atoms with Crippen LogP contribution in [0.2, 0.25) is 0 Å². The Hall–Kier alpha value is -1.15. The fourth-order valence-corrected chi connectivity index (χ4v) is 2.81. The summed E-state index contributed by atoms with van der Waals surface area (Å²) in [6, 6.07) is 0. The lowest BCUT2D eigenvalue weighted by Crippen LogP contribution is -2.52. The van der Waals surface area contributed by atoms with Gasteiger partial charge in [-0.2, -0.15) is 0 Å². The van der Waals surface area contributed by atoms with Crippen molar-refractivity contribution in [1.29, 1.82) is 0 Å². The van der Waals surface area contributed by atoms with Crippen LogP contribution in [0.4, 0.5) is 7.77 Å². The van der Waals surface area contributed by atoms with Crippen LogP contribution in [-0.4, -0.2) is 71.3 Å². The summed E-state index contributed by atoms with van der Waals surface area (Å²) in [5.74, 6) is -0.438. The number of quaternary nitrogens is 1. The molecule has 9 nitrogen and oxygen atoms in total. The number of hydrogen-bond acceptors (Lipinski definition) is 7. The van der Waals surface area contributed by atoms with E-state index in [4.69, 9.17) is 4.74 Å². The summed E-state index contributed by atoms with van der Waals surface area (Å²) in [5.41, 5.74) is 0.361. The second-order valence-electron chi connectivity index (χ2n) is 5.40. The van der Waals surface area contributed by atoms with E-state index in [0.717, 1.165) is 28.2 Å². The largest absolute Gasteiger partial charge is 0.459 e. The Balaban J connectivity index is 0. The zero-order valence-corrected chi connectivity index (χ0v) is 16.8. The van der Waals surface area contributed by atoms with Crippen LogP contribution in [0, 0.1) is 0 Å². The van der Waals surface area contributed by atoms with Crippen LogP contribution in [0.3, 0.4) is 0 Å². The molecule has 0 heterocycles. The fraction of sp³-hybridized carbons (Fsp3) is 0.769. The number of hydrogen-bond donors (Lipinski definition) is 1. The molecule has 0 aliphatic rings. The fourth-order valence-electron chi connectivity index (χ4n) is 1.96. The number of esters is 1. The van der Waals surface area contributed by atoms with Gasteiger partial charge in [0.15, 0.2) is 0 Å². The molecule has 156 valence electrons. The summed E-state index contributed by atoms with van der Waals surface area (Å²) in [6.45, 7) is 15.0. The first-order valence-electron chi connectivity index (χ1n) is 7.60. The van der Waals surface area contributed by atoms with Gasteiger partial charge >= 0.3 is 5.97 Å². The van der Waals surface area contributed by atoms with Gasteiger partial charge in [-0.1, -0.05) is 6.58 Å². The maximum Gasteiger partial charge on any atom is 0.333 e. The molecule has 1 N–H and O–H groups in total. The molecule has 0 saturated heterocycles. The minimum absolute atomic E-state index is 0.0473. The summed E-state index contributed by atoms with van der Waals surface area (Å²) in [7, 11) is -11.2. The van der Waals surface area contributed by atoms with Gasteiger partial charge in [0.2, 0.25) is 20.8 Å². The summed E-state index contributed by atoms with van der Waals surface area (Å²) >= 11 is 0. The molecule has 0 aromatic rings. The van der Waals surface area contributed by atoms with Crippen LogP contribution >= 0.6 is 0 Å². The smallest absolute Gasteiger partial charge is 0.333 e. The van der Waals surface area contributed by atoms with Crippen molar-refractivity contribution < 1.29 is 43.7 Å². The maximum absolute atomic E-state index is 11.2. The predicted molar refractivity (Wildman–Crippen MR) is 91.9 cm³/mol. The van der Waals surface area contributed by atoms with Crippen molar-refractivity contribution in [3.05, 3.63) is 16.3 Å². The average molecular weight is 424 g/mol. The van der Waals surface area contributed by atoms with Crippen molar-refractivity contribution in [2.24, 2.45) is 0 Å². The maximum atomic E-state index is 11.2. The first kappa shape index (κ1) is 27.1. The number of aliphatic hydroxyl groups excluding tert-OH is 1. The van der Waals surface area contributed by atoms with Crippen molar-refractivity contribution in [2.45, 2.75) is 33.8 Å². The topological polar surface area (TPSA) is 129 Å². The molecule has 0 saturated carbocycles. The Kier molecular flexibility index (Phi) is 12.0. The minimum Gasteiger partial charge on any atom is -0.459 e. The lowest BCUT2D eigenvalue weighted by atomic mass is 10.2. The Morgan fingerprint density at radius 2 is 1.50 bits per heavy atom. The summed E-state index contributed by atoms with van der Waals surface area (Å²) in [5, 5.41) is 9.89. The van der Waals surface area contributed by atoms with Crippen molar-refractivity contribution in [1.82, 2.24) is 0 Å². The van der Waals surface area contributed by atoms with E-state index < -0.39 is 32.9 Å². The third-order valence-corrected chi connectivity index (χ3v) is 4.97. The van der Waals surface area contributed by atoms with E-state index in [9.17, 15) is 34.5 Å². The molecular formula is C13H26F2N2O7S2. The van der Waals surface area contributed by atoms with Gasteiger partial charge < -0.3 is 18.5 Å². The highest BCUT2D eigenvalue weighted by Crippen LogP contribution is 2.11. The second kappa shape index (κ2) is 11.5. The van der Waals surface area contributed by atoms with Gasteiger partial charge in [-0.05, 0) is 27.7 Å². The quantitative estimate of drug-likeness (QED) is 0.241. The molecule has 0 aromatic carbocycles. The molecule has 0 aliphatic heterocycles. The van der Waals surface area contributed by atoms with Gasteiger partial charge in [0.25, 0.3) is 0 Å². The Bertz CT molecular complexity index is 624. The first-order valence-corrected chi connectivity index (χ1v) is 10.3. The van der Waals surface area contributed by atoms with Gasteiger partial charge in [0, 0.05) is 5.57 Å². The van der Waals surface area contributed by atoms with Crippen LogP contribution in [0.5, 0.6) is 0 Å². The third kappa shape index (κ3) is 14.1. The number of nitrogens with zero attached hydrogens (tertiary/aromatic N) is 2. The number of likely N-dealkylation sites (N-methyl/N-ethyl adjacent to an activating group) is 1. The monoisotopic (exact) mass is 424 g/mol. The van der Waals surface area contributed by atoms with Gasteiger partial charge in [0.1, 0.15) is 19.3 Å². The molecule has 13 heteroatoms. The minimum atomic E-state index is -5.62. The highest BCUT2D eigenvalue weighted by atomic mass is 32.3. The molecule has 0 aliphatic carbocycles. The molecule has 0 aromatic heterocycles. The molecule has 1 atom stereocenters. The van der Waals surface area contributed by atoms with Gasteiger partial charge in [-0.3, -0.25) is 0 Å². The first-order chi connectivity index (χ1) is 11.6. The average Bonchev–Trinajstić information content (AvgIpc) is 2.47. The van der Waals surface area contributed by atoms with E-state index in [1.165, 1.54) is 0 Å². The molecule has 0 bridgehead atoms. The van der Waals surface area contributed by atoms with Crippen LogP contribution < -0.4 is 0 Å². The van der Waals surface area contributed by atoms with E-state index in [1.54, 1.807) is 6.92 Å². The van der Waals surface area contributed by atoms with Gasteiger partial charge in [-0.25, -0.2) is 21.6 Å². The number of carbonyl (C=O) groups is 1. The number of carbonyl (C=O) groups excluding carboxylic acids is 1. The molecular weight excluding hydrogens is 398 g/mol. The Morgan fingerprint density at radius 3 is 1.73 bits per heavy atom. The zero-order valence-electron chi connectivity index (χ0n) is 15.2. The lowest BCUT2D eigenvalue weighted by molar-refractivity contribution is -0.926. The van der Waals surface area contributed by atoms with Crippen molar-refractivity contribution in [3.8, 4) is 0 Å². The normalized spacial score (nSPS) is 13.3. The number of aliphatic hydroxyl groups is 1. The SMILES string of the molecule is C=C(C)C(=O)OCC(O)C[N+](CC)(CC)CC.O=S(=O)(F)[N-]S(=O)(=O)F. The molecule has 0 radical (unpaired) electrons. The predicted octanol–water partition coefficient (Wildman–Crippen LogP) is 1.13. The molecule has 1 unspecified atom stereocenters. The standard InChI is InChI=1S/C13H26NO3.F2NO4S2/c1-6-14(7-2,8-3)9-12(15)10-17-13(16)11(4)5;1-8(4,5)3-9(2,6)7/h12,15H,4,6-10H2,1-3,5H3;/q+1;-1. The second-order valence-corrected chi connectivity index (χ2v) is 7.65. The third-order valence-electron chi connectivity index (χ3n) is 3.54. The van der Waals surface area contributed by atoms with Crippen LogP contribution in [0.25, 0.3) is 4.13 Å². The van der Waals surface area contributed by atoms with E-state index >= 15 is 0 Å². The van der Waals surface area contributed by atoms with Crippen LogP contribution in [0.1, 0.15) is 27.7 Å². The van der Waals surface area contributed by atoms with E-state index in [0.29, 0.717) is 12.1 Å². The van der Waals surface area contributed by atoms with Gasteiger partial charge in [0.05, 0.1) is 19.6 Å². The molecule has 26 heavy (non-hydrogen) atoms. The molecule has 0 amide bonds. The summed E-state index contributed by atoms with van der Waals surface area (Å²) < 4.78 is 65.9. The zero-order chi connectivity index (χ0) is 21.2. The van der Waals surface area contributed by atoms with Crippen molar-refractivity contribution >= 4 is 26.8 Å². The lowest BCUT2D eigenvalue weighted by Gasteiger charge is -2.37. The van der Waals surface area contributed by atoms with Crippen LogP contribution in [0.15, 0.2) is 12.2 Å². The number of rotatable bonds is 10. The number of ether oxygens (including phenoxy) is 1. The van der Waals surface area contributed by atoms with Crippen molar-refractivity contribution in [2.75, 3.05) is 32.8 Å². The van der Waals surface area contributed by atoms with Crippen molar-refractivity contribution in [3.63, 3.8) is 0 Å². The Morgan fingerprint density at radius 1 is 1.12 bits per heavy atom. The van der Waals surface area contributed by atoms with E-state index in [-0.39, 0.29) is 6.61 Å². The highest BCUT2D eigenvalue weighted by molar-refractivity contribution is 8.07. The van der Waals surface area contributed by atoms with Crippen LogP contribution in [-0.2, 0) is 30.3 Å². The van der Waals surface area contributed by atoms with E-state index in [2.05, 4.69) is 27.4 Å². The molecule has 0 rings (SSSR count). The summed E-state index contributed by atoms with van der Waals surface area (Å²) in [6.07, 6.45) is -0.613. The molecule has 0 fully saturated rings. The van der Waals surface area contributed by atoms with Gasteiger partial charge in [-0.15, -0.1) is 7.77 Å². The summed E-state index contributed by atoms with van der Waals surface area (Å²) in [4.78, 5) is 11.2. The van der Waals surface area contributed by atoms with E-state index in [1.807, 2.05) is 0 Å². The highest BCUT2D eigenvalue weighted by Gasteiger charge is 2.25. The Labute approximate surface area is 153 Å².